The number of para-hydroxylation sites is 1. The van der Waals surface area contributed by atoms with E-state index in [0.29, 0.717) is 37.7 Å². The highest BCUT2D eigenvalue weighted by Gasteiger charge is 2.44. The van der Waals surface area contributed by atoms with E-state index in [1.54, 1.807) is 6.20 Å². The van der Waals surface area contributed by atoms with Crippen LogP contribution in [-0.4, -0.2) is 132 Å². The second-order valence-corrected chi connectivity index (χ2v) is 20.9. The van der Waals surface area contributed by atoms with Gasteiger partial charge in [-0.3, -0.25) is 43.3 Å². The lowest BCUT2D eigenvalue weighted by molar-refractivity contribution is -0.143. The topological polar surface area (TPSA) is 313 Å². The lowest BCUT2D eigenvalue weighted by Gasteiger charge is -2.31. The van der Waals surface area contributed by atoms with Gasteiger partial charge in [0.15, 0.2) is 5.96 Å². The zero-order valence-electron chi connectivity index (χ0n) is 46.3. The van der Waals surface area contributed by atoms with Crippen molar-refractivity contribution in [3.8, 4) is 0 Å². The fraction of sp³-hybridized carbons (Fsp3) is 0.450. The van der Waals surface area contributed by atoms with Crippen LogP contribution in [0.5, 0.6) is 0 Å². The van der Waals surface area contributed by atoms with Crippen LogP contribution in [0.15, 0.2) is 108 Å². The van der Waals surface area contributed by atoms with Crippen molar-refractivity contribution in [1.82, 2.24) is 47.1 Å². The van der Waals surface area contributed by atoms with E-state index in [9.17, 15) is 24.0 Å². The predicted molar refractivity (Wildman–Crippen MR) is 309 cm³/mol. The molecule has 12 N–H and O–H groups in total. The van der Waals surface area contributed by atoms with Crippen molar-refractivity contribution >= 4 is 74.9 Å². The van der Waals surface area contributed by atoms with Crippen molar-refractivity contribution in [1.29, 1.82) is 0 Å². The maximum absolute atomic E-state index is 15.2. The van der Waals surface area contributed by atoms with Crippen molar-refractivity contribution in [2.45, 2.75) is 146 Å². The molecule has 0 bridgehead atoms. The minimum atomic E-state index is -1.49. The van der Waals surface area contributed by atoms with Gasteiger partial charge in [0.05, 0.1) is 19.1 Å². The summed E-state index contributed by atoms with van der Waals surface area (Å²) < 4.78 is 6.38. The summed E-state index contributed by atoms with van der Waals surface area (Å²) in [4.78, 5) is 124. The molecule has 2 fully saturated rings. The number of ether oxygens (including phenoxy) is 1. The number of aromatic amines is 1. The average molecular weight is 1110 g/mol. The van der Waals surface area contributed by atoms with Gasteiger partial charge in [-0.05, 0) is 65.6 Å². The Bertz CT molecular complexity index is 2990. The highest BCUT2D eigenvalue weighted by molar-refractivity contribution is 5.99. The molecule has 2 aliphatic rings. The number of aliphatic imine (C=N–C) groups is 1. The Kier molecular flexibility index (Phi) is 22.6. The smallest absolute Gasteiger partial charge is 0.246 e. The van der Waals surface area contributed by atoms with E-state index in [4.69, 9.17) is 16.2 Å². The van der Waals surface area contributed by atoms with Gasteiger partial charge in [0.2, 0.25) is 47.3 Å². The number of unbranched alkanes of at least 4 members (excludes halogenated alkanes) is 1. The summed E-state index contributed by atoms with van der Waals surface area (Å²) in [5, 5.41) is 22.7. The van der Waals surface area contributed by atoms with Crippen LogP contribution in [0.3, 0.4) is 0 Å². The summed E-state index contributed by atoms with van der Waals surface area (Å²) in [5.41, 5.74) is 14.5. The summed E-state index contributed by atoms with van der Waals surface area (Å²) >= 11 is 0. The van der Waals surface area contributed by atoms with Gasteiger partial charge in [-0.2, -0.15) is 0 Å². The first-order chi connectivity index (χ1) is 39.2. The molecule has 5 aromatic rings. The lowest BCUT2D eigenvalue weighted by Crippen LogP contribution is -2.60. The number of nitrogens with two attached hydrogens (primary N) is 2. The molecular weight excluding hydrogens is 1030 g/mol. The molecule has 3 unspecified atom stereocenters. The van der Waals surface area contributed by atoms with Gasteiger partial charge in [-0.25, -0.2) is 0 Å². The zero-order valence-corrected chi connectivity index (χ0v) is 46.3. The second kappa shape index (κ2) is 30.3. The van der Waals surface area contributed by atoms with Crippen molar-refractivity contribution in [2.24, 2.45) is 16.5 Å². The molecule has 0 saturated carbocycles. The maximum atomic E-state index is 15.2. The third-order valence-corrected chi connectivity index (χ3v) is 14.7. The van der Waals surface area contributed by atoms with Crippen LogP contribution in [0.1, 0.15) is 101 Å². The number of hydrogen-bond donors (Lipinski definition) is 10. The number of benzene rings is 4. The van der Waals surface area contributed by atoms with Crippen molar-refractivity contribution in [3.05, 3.63) is 120 Å². The Balaban J connectivity index is 1.26. The fourth-order valence-electron chi connectivity index (χ4n) is 10.4. The highest BCUT2D eigenvalue weighted by Crippen LogP contribution is 2.26. The van der Waals surface area contributed by atoms with Gasteiger partial charge in [0.25, 0.3) is 0 Å². The molecule has 0 aliphatic carbocycles. The first kappa shape index (κ1) is 60.3. The average Bonchev–Trinajstić information content (AvgIpc) is 4.17. The summed E-state index contributed by atoms with van der Waals surface area (Å²) in [6, 6.07) is 22.7. The molecule has 4 aromatic carbocycles. The maximum Gasteiger partial charge on any atom is 0.246 e. The zero-order chi connectivity index (χ0) is 57.7. The van der Waals surface area contributed by atoms with Crippen molar-refractivity contribution in [3.63, 3.8) is 0 Å². The summed E-state index contributed by atoms with van der Waals surface area (Å²) in [7, 11) is 0. The minimum absolute atomic E-state index is 0.0258. The Morgan fingerprint density at radius 2 is 1.38 bits per heavy atom. The van der Waals surface area contributed by atoms with E-state index in [-0.39, 0.29) is 77.3 Å². The Hall–Kier alpha value is -8.33. The third-order valence-electron chi connectivity index (χ3n) is 14.7. The fourth-order valence-corrected chi connectivity index (χ4v) is 10.4. The van der Waals surface area contributed by atoms with Crippen molar-refractivity contribution < 1.29 is 43.1 Å². The van der Waals surface area contributed by atoms with E-state index >= 15 is 14.4 Å². The number of rotatable bonds is 17. The molecular formula is C60H78N12O9. The molecule has 0 radical (unpaired) electrons. The summed E-state index contributed by atoms with van der Waals surface area (Å²) in [5.74, 6) is -5.11. The van der Waals surface area contributed by atoms with E-state index in [2.05, 4.69) is 47.2 Å². The molecule has 7 rings (SSSR count). The highest BCUT2D eigenvalue weighted by atomic mass is 16.5. The molecule has 0 spiro atoms. The van der Waals surface area contributed by atoms with Gasteiger partial charge in [-0.1, -0.05) is 124 Å². The number of H-pyrrole nitrogens is 1. The SMILES string of the molecule is CCCC[C@H](NC(C)=O)C(=O)N[C@H]1CC(=O)NCCCCCCNC(=O)C(Cc2c[nH]c3ccccc23)NC(=O)[C@H](CCCN=C(N)N)NC(=O)[C@@H](Cc2cccc3ccccc23)NC(=O)C2CC(OCc3ccccc3)CN2C1=O. The van der Waals surface area contributed by atoms with Crippen LogP contribution in [0.2, 0.25) is 0 Å². The largest absolute Gasteiger partial charge is 0.372 e. The van der Waals surface area contributed by atoms with Crippen LogP contribution in [0.4, 0.5) is 0 Å². The predicted octanol–water partition coefficient (Wildman–Crippen LogP) is 3.18. The van der Waals surface area contributed by atoms with Gasteiger partial charge >= 0.3 is 0 Å². The summed E-state index contributed by atoms with van der Waals surface area (Å²) in [6.07, 6.45) is 4.97. The summed E-state index contributed by atoms with van der Waals surface area (Å²) in [6.45, 7) is 3.91. The number of nitrogens with zero attached hydrogens (tertiary/aromatic N) is 2. The van der Waals surface area contributed by atoms with E-state index in [0.717, 1.165) is 39.2 Å². The number of hydrogen-bond acceptors (Lipinski definition) is 10. The number of aromatic nitrogens is 1. The van der Waals surface area contributed by atoms with Gasteiger partial charge in [0, 0.05) is 69.5 Å². The molecule has 21 heteroatoms. The van der Waals surface area contributed by atoms with Gasteiger partial charge in [-0.15, -0.1) is 0 Å². The Morgan fingerprint density at radius 1 is 0.728 bits per heavy atom. The molecule has 2 aliphatic heterocycles. The first-order valence-electron chi connectivity index (χ1n) is 28.2. The molecule has 81 heavy (non-hydrogen) atoms. The number of carbonyl (C=O) groups excluding carboxylic acids is 8. The van der Waals surface area contributed by atoms with Crippen molar-refractivity contribution in [2.75, 3.05) is 26.2 Å². The number of guanidine groups is 1. The molecule has 1 aromatic heterocycles. The first-order valence-corrected chi connectivity index (χ1v) is 28.2. The van der Waals surface area contributed by atoms with E-state index < -0.39 is 96.0 Å². The number of carbonyl (C=O) groups is 8. The molecule has 2 saturated heterocycles. The van der Waals surface area contributed by atoms with Gasteiger partial charge in [0.1, 0.15) is 36.3 Å². The van der Waals surface area contributed by atoms with E-state index in [1.165, 1.54) is 11.8 Å². The second-order valence-electron chi connectivity index (χ2n) is 20.9. The number of amides is 8. The molecule has 21 nitrogen and oxygen atoms in total. The minimum Gasteiger partial charge on any atom is -0.372 e. The molecule has 3 heterocycles. The molecule has 8 amide bonds. The number of nitrogens with one attached hydrogen (secondary N) is 8. The Labute approximate surface area is 472 Å². The normalized spacial score (nSPS) is 21.5. The molecule has 432 valence electrons. The standard InChI is InChI=1S/C60H78N12O9/c1-3-4-25-47(67-38(2)73)55(76)71-51-34-53(74)63-28-14-5-6-15-29-64-54(75)49(32-42-35-66-46-26-13-12-24-45(42)46)69-56(77)48(27-17-30-65-60(61)62)68-57(78)50(31-41-22-16-21-40-20-10-11-23-44(40)41)70-58(79)52-33-43(36-72(52)59(51)80)81-37-39-18-8-7-9-19-39/h7-13,16,18-24,26,35,43,47-52,66H,3-6,14-15,17,25,27-34,36-37H2,1-2H3,(H,63,74)(H,64,75)(H,67,73)(H,68,78)(H,69,77)(H,70,79)(H,71,76)(H4,61,62,65)/t43?,47-,48-,49?,50+,51-,52?/m0/s1. The Morgan fingerprint density at radius 3 is 2.14 bits per heavy atom. The van der Waals surface area contributed by atoms with Crippen LogP contribution in [0.25, 0.3) is 21.7 Å². The third kappa shape index (κ3) is 17.8. The van der Waals surface area contributed by atoms with Gasteiger partial charge < -0.3 is 63.3 Å². The van der Waals surface area contributed by atoms with Crippen LogP contribution >= 0.6 is 0 Å². The molecule has 7 atom stereocenters. The number of fused-ring (bicyclic) bond motifs is 3. The quantitative estimate of drug-likeness (QED) is 0.0366. The van der Waals surface area contributed by atoms with Crippen LogP contribution < -0.4 is 48.7 Å². The monoisotopic (exact) mass is 1110 g/mol. The van der Waals surface area contributed by atoms with E-state index in [1.807, 2.05) is 104 Å². The lowest BCUT2D eigenvalue weighted by atomic mass is 9.97. The van der Waals surface area contributed by atoms with Crippen LogP contribution in [-0.2, 0) is 62.5 Å². The van der Waals surface area contributed by atoms with Crippen LogP contribution in [0, 0.1) is 0 Å².